The lowest BCUT2D eigenvalue weighted by molar-refractivity contribution is 1.38. The molecule has 0 saturated carbocycles. The summed E-state index contributed by atoms with van der Waals surface area (Å²) in [7, 11) is 2.44. The fourth-order valence-corrected chi connectivity index (χ4v) is 8.04. The van der Waals surface area contributed by atoms with Gasteiger partial charge < -0.3 is 9.38 Å². The van der Waals surface area contributed by atoms with Crippen molar-refractivity contribution in [1.29, 1.82) is 0 Å². The predicted molar refractivity (Wildman–Crippen MR) is 176 cm³/mol. The lowest BCUT2D eigenvalue weighted by Crippen LogP contribution is -2.34. The highest BCUT2D eigenvalue weighted by atomic mass is 14.9. The molecule has 0 unspecified atom stereocenters. The van der Waals surface area contributed by atoms with Gasteiger partial charge in [-0.2, -0.15) is 0 Å². The summed E-state index contributed by atoms with van der Waals surface area (Å²) in [5.74, 6) is 0. The van der Waals surface area contributed by atoms with Crippen molar-refractivity contribution in [3.63, 3.8) is 0 Å². The van der Waals surface area contributed by atoms with E-state index in [0.29, 0.717) is 0 Å². The second-order valence-electron chi connectivity index (χ2n) is 11.6. The van der Waals surface area contributed by atoms with Gasteiger partial charge in [-0.25, -0.2) is 0 Å². The van der Waals surface area contributed by atoms with Crippen molar-refractivity contribution in [1.82, 2.24) is 9.38 Å². The number of hydrogen-bond acceptors (Lipinski definition) is 0. The Labute approximate surface area is 235 Å². The number of rotatable bonds is 1. The molecule has 41 heavy (non-hydrogen) atoms. The van der Waals surface area contributed by atoms with Crippen molar-refractivity contribution < 1.29 is 0 Å². The highest BCUT2D eigenvalue weighted by molar-refractivity contribution is 6.76. The maximum absolute atomic E-state index is 3.87. The van der Waals surface area contributed by atoms with Gasteiger partial charge in [-0.15, -0.1) is 0 Å². The van der Waals surface area contributed by atoms with E-state index in [9.17, 15) is 0 Å². The quantitative estimate of drug-likeness (QED) is 0.212. The Balaban J connectivity index is 1.38. The smallest absolute Gasteiger partial charge is 0.197 e. The predicted octanol–water partition coefficient (Wildman–Crippen LogP) is 8.41. The number of hydrogen-bond donors (Lipinski definition) is 1. The Kier molecular flexibility index (Phi) is 3.46. The Morgan fingerprint density at radius 3 is 2.10 bits per heavy atom. The van der Waals surface area contributed by atoms with Gasteiger partial charge in [0.2, 0.25) is 0 Å². The van der Waals surface area contributed by atoms with E-state index in [2.05, 4.69) is 132 Å². The van der Waals surface area contributed by atoms with E-state index in [-0.39, 0.29) is 0 Å². The molecule has 2 nitrogen and oxygen atoms in total. The molecule has 0 bridgehead atoms. The monoisotopic (exact) mass is 515 g/mol. The first kappa shape index (κ1) is 20.6. The second kappa shape index (κ2) is 6.89. The van der Waals surface area contributed by atoms with Crippen LogP contribution in [0, 0.1) is 0 Å². The van der Waals surface area contributed by atoms with Crippen molar-refractivity contribution in [2.24, 2.45) is 0 Å². The standard InChI is InChI=1S/C38H20BN2/c1-2-9-21-19-31-29(18-20(21)8-1)24-12-5-15-27(35(24)40-31)32-22-10-3-4-11-23(22)33-28-16-6-13-25-26-14-7-17-30-37(26)41(36(25)28)38(33)34(32)39-30/h1-19,40H. The summed E-state index contributed by atoms with van der Waals surface area (Å²) < 4.78 is 2.56. The van der Waals surface area contributed by atoms with E-state index in [1.165, 1.54) is 103 Å². The van der Waals surface area contributed by atoms with Gasteiger partial charge in [0.05, 0.1) is 11.0 Å². The number of fused-ring (bicyclic) bond motifs is 8. The van der Waals surface area contributed by atoms with Crippen LogP contribution in [0.4, 0.5) is 0 Å². The van der Waals surface area contributed by atoms with E-state index in [4.69, 9.17) is 0 Å². The molecule has 4 heterocycles. The summed E-state index contributed by atoms with van der Waals surface area (Å²) in [5.41, 5.74) is 11.5. The molecule has 0 fully saturated rings. The lowest BCUT2D eigenvalue weighted by Gasteiger charge is -2.21. The number of nitrogens with one attached hydrogen (secondary N) is 1. The van der Waals surface area contributed by atoms with Gasteiger partial charge >= 0.3 is 0 Å². The average Bonchev–Trinajstić information content (AvgIpc) is 3.68. The van der Waals surface area contributed by atoms with Gasteiger partial charge in [0.25, 0.3) is 0 Å². The fourth-order valence-electron chi connectivity index (χ4n) is 8.04. The summed E-state index contributed by atoms with van der Waals surface area (Å²) in [4.78, 5) is 3.87. The maximum atomic E-state index is 3.87. The minimum Gasteiger partial charge on any atom is -0.354 e. The van der Waals surface area contributed by atoms with Crippen molar-refractivity contribution in [3.05, 3.63) is 115 Å². The van der Waals surface area contributed by atoms with Gasteiger partial charge in [-0.3, -0.25) is 0 Å². The van der Waals surface area contributed by atoms with E-state index < -0.39 is 0 Å². The largest absolute Gasteiger partial charge is 0.354 e. The van der Waals surface area contributed by atoms with E-state index in [1.54, 1.807) is 0 Å². The molecule has 3 heteroatoms. The van der Waals surface area contributed by atoms with Crippen LogP contribution in [-0.2, 0) is 0 Å². The van der Waals surface area contributed by atoms with Crippen molar-refractivity contribution in [2.75, 3.05) is 0 Å². The summed E-state index contributed by atoms with van der Waals surface area (Å²) in [6, 6.07) is 42.7. The summed E-state index contributed by atoms with van der Waals surface area (Å²) in [5, 5.41) is 13.1. The minimum absolute atomic E-state index is 1.18. The number of nitrogens with zero attached hydrogens (tertiary/aromatic N) is 1. The van der Waals surface area contributed by atoms with Gasteiger partial charge in [0, 0.05) is 54.4 Å². The van der Waals surface area contributed by atoms with Crippen molar-refractivity contribution >= 4 is 99.7 Å². The van der Waals surface area contributed by atoms with Crippen molar-refractivity contribution in [2.45, 2.75) is 0 Å². The highest BCUT2D eigenvalue weighted by Crippen LogP contribution is 2.45. The number of H-pyrrole nitrogens is 1. The van der Waals surface area contributed by atoms with Crippen LogP contribution in [0.5, 0.6) is 0 Å². The van der Waals surface area contributed by atoms with Crippen LogP contribution in [0.15, 0.2) is 115 Å². The molecule has 7 aromatic carbocycles. The second-order valence-corrected chi connectivity index (χ2v) is 11.6. The van der Waals surface area contributed by atoms with Gasteiger partial charge in [-0.05, 0) is 44.7 Å². The molecule has 0 aliphatic carbocycles. The first-order chi connectivity index (χ1) is 20.3. The highest BCUT2D eigenvalue weighted by Gasteiger charge is 2.29. The van der Waals surface area contributed by atoms with Crippen LogP contribution >= 0.6 is 0 Å². The van der Waals surface area contributed by atoms with E-state index in [1.807, 2.05) is 0 Å². The van der Waals surface area contributed by atoms with Crippen LogP contribution < -0.4 is 10.9 Å². The molecule has 10 aromatic rings. The van der Waals surface area contributed by atoms with Crippen LogP contribution in [0.25, 0.3) is 92.6 Å². The summed E-state index contributed by atoms with van der Waals surface area (Å²) >= 11 is 0. The molecule has 1 radical (unpaired) electrons. The molecule has 0 atom stereocenters. The minimum atomic E-state index is 1.18. The zero-order valence-corrected chi connectivity index (χ0v) is 22.0. The molecule has 0 saturated heterocycles. The molecule has 1 N–H and O–H groups in total. The molecular formula is C38H20BN2. The SMILES string of the molecule is [B]1c2cccc3c4cccc5c6c7ccccc7c(-c7cccc8c7[nH]c7cc9ccccc9cc78)c1c6n(c23)c45. The van der Waals surface area contributed by atoms with Crippen LogP contribution in [0.1, 0.15) is 0 Å². The van der Waals surface area contributed by atoms with Gasteiger partial charge in [0.15, 0.2) is 7.28 Å². The Morgan fingerprint density at radius 1 is 0.512 bits per heavy atom. The topological polar surface area (TPSA) is 20.2 Å². The molecule has 1 aliphatic heterocycles. The number of benzene rings is 7. The third-order valence-electron chi connectivity index (χ3n) is 9.63. The first-order valence-electron chi connectivity index (χ1n) is 14.3. The molecule has 0 spiro atoms. The van der Waals surface area contributed by atoms with Crippen LogP contribution in [-0.4, -0.2) is 16.7 Å². The summed E-state index contributed by atoms with van der Waals surface area (Å²) in [6.07, 6.45) is 0. The van der Waals surface area contributed by atoms with E-state index in [0.717, 1.165) is 0 Å². The van der Waals surface area contributed by atoms with Crippen LogP contribution in [0.2, 0.25) is 0 Å². The van der Waals surface area contributed by atoms with Gasteiger partial charge in [-0.1, -0.05) is 109 Å². The Bertz CT molecular complexity index is 2770. The fraction of sp³-hybridized carbons (Fsp3) is 0. The molecule has 3 aromatic heterocycles. The first-order valence-corrected chi connectivity index (χ1v) is 14.3. The third-order valence-corrected chi connectivity index (χ3v) is 9.63. The van der Waals surface area contributed by atoms with Crippen molar-refractivity contribution in [3.8, 4) is 11.1 Å². The number of para-hydroxylation sites is 3. The third kappa shape index (κ3) is 2.32. The molecule has 0 amide bonds. The number of aromatic nitrogens is 2. The molecule has 1 aliphatic rings. The van der Waals surface area contributed by atoms with E-state index >= 15 is 0 Å². The maximum Gasteiger partial charge on any atom is 0.197 e. The molecule has 11 rings (SSSR count). The molecule has 185 valence electrons. The lowest BCUT2D eigenvalue weighted by atomic mass is 9.59. The molecular weight excluding hydrogens is 495 g/mol. The number of aromatic amines is 1. The average molecular weight is 515 g/mol. The normalized spacial score (nSPS) is 13.1. The zero-order chi connectivity index (χ0) is 26.4. The Morgan fingerprint density at radius 2 is 1.20 bits per heavy atom. The summed E-state index contributed by atoms with van der Waals surface area (Å²) in [6.45, 7) is 0. The van der Waals surface area contributed by atoms with Crippen LogP contribution in [0.3, 0.4) is 0 Å². The zero-order valence-electron chi connectivity index (χ0n) is 22.0. The van der Waals surface area contributed by atoms with Gasteiger partial charge in [0.1, 0.15) is 0 Å². The Hall–Kier alpha value is -5.28.